The molecule has 1 saturated carbocycles. The second-order valence-electron chi connectivity index (χ2n) is 4.71. The summed E-state index contributed by atoms with van der Waals surface area (Å²) >= 11 is 2.28. The van der Waals surface area contributed by atoms with Gasteiger partial charge in [-0.25, -0.2) is 9.97 Å². The van der Waals surface area contributed by atoms with E-state index in [2.05, 4.69) is 32.9 Å². The Balaban J connectivity index is 2.31. The van der Waals surface area contributed by atoms with Crippen molar-refractivity contribution in [1.29, 1.82) is 0 Å². The van der Waals surface area contributed by atoms with Crippen molar-refractivity contribution in [1.82, 2.24) is 9.97 Å². The predicted molar refractivity (Wildman–Crippen MR) is 80.8 cm³/mol. The Morgan fingerprint density at radius 1 is 1.28 bits per heavy atom. The summed E-state index contributed by atoms with van der Waals surface area (Å²) in [4.78, 5) is 9.38. The molecule has 1 fully saturated rings. The fourth-order valence-corrected chi connectivity index (χ4v) is 3.12. The summed E-state index contributed by atoms with van der Waals surface area (Å²) in [5.74, 6) is 2.45. The monoisotopic (exact) mass is 361 g/mol. The second-order valence-corrected chi connectivity index (χ2v) is 5.79. The van der Waals surface area contributed by atoms with Crippen LogP contribution in [0.2, 0.25) is 0 Å². The number of anilines is 1. The minimum atomic E-state index is 0.526. The molecule has 1 N–H and O–H groups in total. The highest BCUT2D eigenvalue weighted by molar-refractivity contribution is 14.1. The van der Waals surface area contributed by atoms with Crippen LogP contribution in [0.4, 0.5) is 5.82 Å². The highest BCUT2D eigenvalue weighted by Gasteiger charge is 2.21. The normalized spacial score (nSPS) is 16.8. The molecule has 18 heavy (non-hydrogen) atoms. The van der Waals surface area contributed by atoms with Crippen molar-refractivity contribution in [3.05, 3.63) is 15.1 Å². The van der Waals surface area contributed by atoms with Gasteiger partial charge in [-0.1, -0.05) is 19.3 Å². The third-order valence-corrected chi connectivity index (χ3v) is 4.56. The topological polar surface area (TPSA) is 47.0 Å². The van der Waals surface area contributed by atoms with E-state index in [1.54, 1.807) is 7.11 Å². The van der Waals surface area contributed by atoms with Gasteiger partial charge in [-0.05, 0) is 35.4 Å². The fraction of sp³-hybridized carbons (Fsp3) is 0.692. The molecule has 1 aromatic rings. The van der Waals surface area contributed by atoms with Crippen LogP contribution in [-0.4, -0.2) is 24.1 Å². The maximum absolute atomic E-state index is 5.23. The largest absolute Gasteiger partial charge is 0.378 e. The number of hydrogen-bond acceptors (Lipinski definition) is 4. The molecule has 0 radical (unpaired) electrons. The number of nitrogens with zero attached hydrogens (tertiary/aromatic N) is 2. The molecular formula is C13H20IN3O. The number of methoxy groups -OCH3 is 1. The fourth-order valence-electron chi connectivity index (χ4n) is 2.45. The van der Waals surface area contributed by atoms with Crippen molar-refractivity contribution in [2.45, 2.75) is 44.6 Å². The molecule has 1 heterocycles. The van der Waals surface area contributed by atoms with Crippen molar-refractivity contribution < 1.29 is 4.74 Å². The summed E-state index contributed by atoms with van der Waals surface area (Å²) in [6.07, 6.45) is 6.39. The number of ether oxygens (including phenoxy) is 1. The number of nitrogens with one attached hydrogen (secondary N) is 1. The molecule has 0 saturated heterocycles. The van der Waals surface area contributed by atoms with E-state index in [-0.39, 0.29) is 0 Å². The van der Waals surface area contributed by atoms with Gasteiger partial charge in [0.25, 0.3) is 0 Å². The smallest absolute Gasteiger partial charge is 0.143 e. The molecular weight excluding hydrogens is 341 g/mol. The first-order chi connectivity index (χ1) is 8.76. The van der Waals surface area contributed by atoms with Crippen molar-refractivity contribution in [3.8, 4) is 0 Å². The summed E-state index contributed by atoms with van der Waals surface area (Å²) in [5, 5.41) is 3.16. The Labute approximate surface area is 122 Å². The van der Waals surface area contributed by atoms with Gasteiger partial charge in [-0.15, -0.1) is 0 Å². The van der Waals surface area contributed by atoms with E-state index in [0.717, 1.165) is 20.9 Å². The first-order valence-corrected chi connectivity index (χ1v) is 7.57. The van der Waals surface area contributed by atoms with Crippen molar-refractivity contribution in [2.24, 2.45) is 0 Å². The Bertz CT molecular complexity index is 405. The summed E-state index contributed by atoms with van der Waals surface area (Å²) < 4.78 is 6.29. The van der Waals surface area contributed by atoms with Gasteiger partial charge in [0.1, 0.15) is 11.6 Å². The lowest BCUT2D eigenvalue weighted by atomic mass is 9.88. The molecule has 1 aromatic heterocycles. The first-order valence-electron chi connectivity index (χ1n) is 6.49. The maximum Gasteiger partial charge on any atom is 0.143 e. The summed E-state index contributed by atoms with van der Waals surface area (Å²) in [7, 11) is 3.61. The van der Waals surface area contributed by atoms with Crippen LogP contribution < -0.4 is 5.32 Å². The standard InChI is InChI=1S/C13H20IN3O/c1-15-13-11(14)10(8-18-2)16-12(17-13)9-6-4-3-5-7-9/h9H,3-8H2,1-2H3,(H,15,16,17). The Morgan fingerprint density at radius 2 is 2.00 bits per heavy atom. The van der Waals surface area contributed by atoms with Crippen LogP contribution in [-0.2, 0) is 11.3 Å². The summed E-state index contributed by atoms with van der Waals surface area (Å²) in [6.45, 7) is 0.551. The molecule has 2 rings (SSSR count). The Morgan fingerprint density at radius 3 is 2.61 bits per heavy atom. The van der Waals surface area contributed by atoms with E-state index in [0.29, 0.717) is 12.5 Å². The van der Waals surface area contributed by atoms with Crippen molar-refractivity contribution >= 4 is 28.4 Å². The molecule has 0 aliphatic heterocycles. The van der Waals surface area contributed by atoms with Gasteiger partial charge in [0, 0.05) is 20.1 Å². The zero-order chi connectivity index (χ0) is 13.0. The summed E-state index contributed by atoms with van der Waals surface area (Å²) in [6, 6.07) is 0. The quantitative estimate of drug-likeness (QED) is 0.836. The minimum Gasteiger partial charge on any atom is -0.378 e. The zero-order valence-corrected chi connectivity index (χ0v) is 13.2. The molecule has 1 aliphatic carbocycles. The van der Waals surface area contributed by atoms with Crippen LogP contribution in [0.25, 0.3) is 0 Å². The van der Waals surface area contributed by atoms with E-state index in [1.165, 1.54) is 32.1 Å². The SMILES string of the molecule is CNc1nc(C2CCCCC2)nc(COC)c1I. The molecule has 100 valence electrons. The van der Waals surface area contributed by atoms with E-state index in [4.69, 9.17) is 9.72 Å². The predicted octanol–water partition coefficient (Wildman–Crippen LogP) is 3.32. The Kier molecular flexibility index (Phi) is 5.17. The minimum absolute atomic E-state index is 0.526. The molecule has 0 bridgehead atoms. The molecule has 0 amide bonds. The highest BCUT2D eigenvalue weighted by atomic mass is 127. The van der Waals surface area contributed by atoms with Crippen LogP contribution in [0.3, 0.4) is 0 Å². The molecule has 5 heteroatoms. The lowest BCUT2D eigenvalue weighted by molar-refractivity contribution is 0.180. The van der Waals surface area contributed by atoms with Crippen molar-refractivity contribution in [2.75, 3.05) is 19.5 Å². The van der Waals surface area contributed by atoms with Gasteiger partial charge in [-0.2, -0.15) is 0 Å². The molecule has 1 aliphatic rings. The van der Waals surface area contributed by atoms with E-state index < -0.39 is 0 Å². The zero-order valence-electron chi connectivity index (χ0n) is 11.0. The van der Waals surface area contributed by atoms with Crippen LogP contribution in [0.5, 0.6) is 0 Å². The van der Waals surface area contributed by atoms with Gasteiger partial charge in [0.15, 0.2) is 0 Å². The lowest BCUT2D eigenvalue weighted by Crippen LogP contribution is -2.13. The van der Waals surface area contributed by atoms with Crippen LogP contribution >= 0.6 is 22.6 Å². The van der Waals surface area contributed by atoms with E-state index in [1.807, 2.05) is 7.05 Å². The van der Waals surface area contributed by atoms with E-state index in [9.17, 15) is 0 Å². The van der Waals surface area contributed by atoms with Gasteiger partial charge in [0.05, 0.1) is 15.9 Å². The second kappa shape index (κ2) is 6.65. The molecule has 0 spiro atoms. The highest BCUT2D eigenvalue weighted by Crippen LogP contribution is 2.32. The molecule has 0 aromatic carbocycles. The van der Waals surface area contributed by atoms with Crippen LogP contribution in [0.15, 0.2) is 0 Å². The van der Waals surface area contributed by atoms with Gasteiger partial charge in [-0.3, -0.25) is 0 Å². The van der Waals surface area contributed by atoms with Crippen molar-refractivity contribution in [3.63, 3.8) is 0 Å². The van der Waals surface area contributed by atoms with Gasteiger partial charge in [0.2, 0.25) is 0 Å². The average Bonchev–Trinajstić information content (AvgIpc) is 2.42. The lowest BCUT2D eigenvalue weighted by Gasteiger charge is -2.21. The van der Waals surface area contributed by atoms with Gasteiger partial charge >= 0.3 is 0 Å². The molecule has 4 nitrogen and oxygen atoms in total. The number of aromatic nitrogens is 2. The Hall–Kier alpha value is -0.430. The van der Waals surface area contributed by atoms with Crippen LogP contribution in [0, 0.1) is 3.57 Å². The number of rotatable bonds is 4. The van der Waals surface area contributed by atoms with E-state index >= 15 is 0 Å². The first kappa shape index (κ1) is 14.0. The third kappa shape index (κ3) is 3.12. The van der Waals surface area contributed by atoms with Gasteiger partial charge < -0.3 is 10.1 Å². The molecule has 0 atom stereocenters. The van der Waals surface area contributed by atoms with Crippen LogP contribution in [0.1, 0.15) is 49.5 Å². The summed E-state index contributed by atoms with van der Waals surface area (Å²) in [5.41, 5.74) is 0.998. The number of halogens is 1. The third-order valence-electron chi connectivity index (χ3n) is 3.43. The molecule has 0 unspecified atom stereocenters. The number of hydrogen-bond donors (Lipinski definition) is 1. The average molecular weight is 361 g/mol. The maximum atomic E-state index is 5.23.